The number of aliphatic hydroxyl groups excluding tert-OH is 3. The molecule has 106 valence electrons. The molecule has 0 aromatic heterocycles. The van der Waals surface area contributed by atoms with Gasteiger partial charge in [-0.1, -0.05) is 6.07 Å². The third kappa shape index (κ3) is 3.43. The molecule has 0 bridgehead atoms. The average Bonchev–Trinajstić information content (AvgIpc) is 2.35. The molecule has 0 aliphatic carbocycles. The molecule has 0 fully saturated rings. The third-order valence-electron chi connectivity index (χ3n) is 2.48. The van der Waals surface area contributed by atoms with E-state index < -0.39 is 47.7 Å². The normalized spacial score (nSPS) is 15.1. The van der Waals surface area contributed by atoms with Crippen LogP contribution in [0.4, 0.5) is 13.2 Å². The maximum absolute atomic E-state index is 12.4. The van der Waals surface area contributed by atoms with Crippen molar-refractivity contribution in [3.05, 3.63) is 34.9 Å². The van der Waals surface area contributed by atoms with Gasteiger partial charge in [-0.15, -0.1) is 0 Å². The predicted molar refractivity (Wildman–Crippen MR) is 56.5 cm³/mol. The summed E-state index contributed by atoms with van der Waals surface area (Å²) < 4.78 is 37.3. The topological polar surface area (TPSA) is 98.0 Å². The molecule has 0 heterocycles. The molecule has 1 aromatic rings. The van der Waals surface area contributed by atoms with Gasteiger partial charge in [0, 0.05) is 0 Å². The van der Waals surface area contributed by atoms with Gasteiger partial charge in [-0.3, -0.25) is 0 Å². The van der Waals surface area contributed by atoms with E-state index in [1.54, 1.807) is 0 Å². The van der Waals surface area contributed by atoms with Gasteiger partial charge in [-0.2, -0.15) is 13.2 Å². The van der Waals surface area contributed by atoms with Crippen LogP contribution in [0.15, 0.2) is 18.2 Å². The molecule has 1 rings (SSSR count). The Morgan fingerprint density at radius 3 is 2.26 bits per heavy atom. The number of aliphatic hydroxyl groups is 3. The highest BCUT2D eigenvalue weighted by Gasteiger charge is 2.33. The Labute approximate surface area is 105 Å². The van der Waals surface area contributed by atoms with Gasteiger partial charge in [0.15, 0.2) is 0 Å². The summed E-state index contributed by atoms with van der Waals surface area (Å²) in [6.07, 6.45) is -8.20. The van der Waals surface area contributed by atoms with Crippen LogP contribution in [0.25, 0.3) is 0 Å². The van der Waals surface area contributed by atoms with E-state index in [9.17, 15) is 28.2 Å². The molecule has 1 aromatic carbocycles. The zero-order chi connectivity index (χ0) is 14.8. The Kier molecular flexibility index (Phi) is 4.51. The van der Waals surface area contributed by atoms with E-state index in [1.165, 1.54) is 0 Å². The first kappa shape index (κ1) is 15.4. The van der Waals surface area contributed by atoms with Crippen molar-refractivity contribution in [2.24, 2.45) is 0 Å². The van der Waals surface area contributed by atoms with Crippen LogP contribution in [0.3, 0.4) is 0 Å². The van der Waals surface area contributed by atoms with Gasteiger partial charge < -0.3 is 20.4 Å². The molecule has 0 aliphatic heterocycles. The van der Waals surface area contributed by atoms with Crippen LogP contribution in [-0.2, 0) is 6.18 Å². The quantitative estimate of drug-likeness (QED) is 0.653. The summed E-state index contributed by atoms with van der Waals surface area (Å²) in [5.74, 6) is -1.68. The van der Waals surface area contributed by atoms with E-state index in [4.69, 9.17) is 10.2 Å². The number of hydrogen-bond acceptors (Lipinski definition) is 4. The van der Waals surface area contributed by atoms with E-state index in [2.05, 4.69) is 0 Å². The smallest absolute Gasteiger partial charge is 0.416 e. The molecule has 5 nitrogen and oxygen atoms in total. The molecule has 2 atom stereocenters. The lowest BCUT2D eigenvalue weighted by atomic mass is 9.96. The largest absolute Gasteiger partial charge is 0.478 e. The van der Waals surface area contributed by atoms with Crippen molar-refractivity contribution in [1.29, 1.82) is 0 Å². The maximum atomic E-state index is 12.4. The fourth-order valence-corrected chi connectivity index (χ4v) is 1.48. The first-order valence-corrected chi connectivity index (χ1v) is 5.10. The number of aromatic carboxylic acids is 1. The van der Waals surface area contributed by atoms with Crippen LogP contribution in [0, 0.1) is 0 Å². The van der Waals surface area contributed by atoms with Gasteiger partial charge >= 0.3 is 12.1 Å². The predicted octanol–water partition coefficient (Wildman–Crippen LogP) is 0.790. The first-order valence-electron chi connectivity index (χ1n) is 5.10. The standard InChI is InChI=1S/C11H11F3O5/c12-11(13,14)5-1-2-6(7(3-5)10(18)19)9(17)8(16)4-15/h1-3,8-9,15-17H,4H2,(H,18,19). The van der Waals surface area contributed by atoms with Gasteiger partial charge in [0.25, 0.3) is 0 Å². The zero-order valence-electron chi connectivity index (χ0n) is 9.42. The zero-order valence-corrected chi connectivity index (χ0v) is 9.42. The van der Waals surface area contributed by atoms with E-state index in [0.717, 1.165) is 6.07 Å². The third-order valence-corrected chi connectivity index (χ3v) is 2.48. The van der Waals surface area contributed by atoms with Crippen LogP contribution in [0.1, 0.15) is 27.6 Å². The molecule has 0 saturated carbocycles. The van der Waals surface area contributed by atoms with Crippen molar-refractivity contribution >= 4 is 5.97 Å². The maximum Gasteiger partial charge on any atom is 0.416 e. The Hall–Kier alpha value is -1.64. The van der Waals surface area contributed by atoms with E-state index >= 15 is 0 Å². The molecule has 8 heteroatoms. The Bertz CT molecular complexity index is 472. The lowest BCUT2D eigenvalue weighted by Gasteiger charge is -2.19. The minimum Gasteiger partial charge on any atom is -0.478 e. The van der Waals surface area contributed by atoms with Crippen molar-refractivity contribution in [2.45, 2.75) is 18.4 Å². The number of carboxylic acids is 1. The van der Waals surface area contributed by atoms with Crippen LogP contribution in [0.5, 0.6) is 0 Å². The minimum absolute atomic E-state index is 0.366. The summed E-state index contributed by atoms with van der Waals surface area (Å²) in [4.78, 5) is 10.9. The molecule has 0 saturated heterocycles. The Morgan fingerprint density at radius 2 is 1.84 bits per heavy atom. The summed E-state index contributed by atoms with van der Waals surface area (Å²) in [6, 6.07) is 1.72. The lowest BCUT2D eigenvalue weighted by molar-refractivity contribution is -0.137. The summed E-state index contributed by atoms with van der Waals surface area (Å²) in [5.41, 5.74) is -2.36. The molecular formula is C11H11F3O5. The van der Waals surface area contributed by atoms with Gasteiger partial charge in [0.1, 0.15) is 12.2 Å². The molecule has 4 N–H and O–H groups in total. The Balaban J connectivity index is 3.31. The highest BCUT2D eigenvalue weighted by molar-refractivity contribution is 5.89. The number of carbonyl (C=O) groups is 1. The van der Waals surface area contributed by atoms with Crippen molar-refractivity contribution in [3.8, 4) is 0 Å². The van der Waals surface area contributed by atoms with Crippen LogP contribution >= 0.6 is 0 Å². The molecule has 0 aliphatic rings. The molecular weight excluding hydrogens is 269 g/mol. The fourth-order valence-electron chi connectivity index (χ4n) is 1.48. The van der Waals surface area contributed by atoms with E-state index in [1.807, 2.05) is 0 Å². The number of rotatable bonds is 4. The second-order valence-corrected chi connectivity index (χ2v) is 3.80. The number of alkyl halides is 3. The highest BCUT2D eigenvalue weighted by atomic mass is 19.4. The monoisotopic (exact) mass is 280 g/mol. The van der Waals surface area contributed by atoms with Crippen molar-refractivity contribution in [3.63, 3.8) is 0 Å². The van der Waals surface area contributed by atoms with Gasteiger partial charge in [-0.05, 0) is 17.7 Å². The number of benzene rings is 1. The minimum atomic E-state index is -4.72. The molecule has 2 unspecified atom stereocenters. The van der Waals surface area contributed by atoms with E-state index in [-0.39, 0.29) is 0 Å². The van der Waals surface area contributed by atoms with Gasteiger partial charge in [-0.25, -0.2) is 4.79 Å². The summed E-state index contributed by atoms with van der Waals surface area (Å²) in [7, 11) is 0. The average molecular weight is 280 g/mol. The van der Waals surface area contributed by atoms with Crippen molar-refractivity contribution in [2.75, 3.05) is 6.61 Å². The molecule has 19 heavy (non-hydrogen) atoms. The SMILES string of the molecule is O=C(O)c1cc(C(F)(F)F)ccc1C(O)C(O)CO. The van der Waals surface area contributed by atoms with E-state index in [0.29, 0.717) is 12.1 Å². The second kappa shape index (κ2) is 5.55. The van der Waals surface area contributed by atoms with Crippen molar-refractivity contribution < 1.29 is 38.4 Å². The van der Waals surface area contributed by atoms with Gasteiger partial charge in [0.05, 0.1) is 17.7 Å². The summed E-state index contributed by atoms with van der Waals surface area (Å²) in [6.45, 7) is -0.860. The van der Waals surface area contributed by atoms with Crippen LogP contribution in [0.2, 0.25) is 0 Å². The van der Waals surface area contributed by atoms with Crippen molar-refractivity contribution in [1.82, 2.24) is 0 Å². The number of carboxylic acid groups (broad SMARTS) is 1. The highest BCUT2D eigenvalue weighted by Crippen LogP contribution is 2.32. The molecule has 0 amide bonds. The number of hydrogen-bond donors (Lipinski definition) is 4. The Morgan fingerprint density at radius 1 is 1.26 bits per heavy atom. The van der Waals surface area contributed by atoms with Gasteiger partial charge in [0.2, 0.25) is 0 Å². The second-order valence-electron chi connectivity index (χ2n) is 3.80. The fraction of sp³-hybridized carbons (Fsp3) is 0.364. The summed E-state index contributed by atoms with van der Waals surface area (Å²) >= 11 is 0. The first-order chi connectivity index (χ1) is 8.68. The van der Waals surface area contributed by atoms with Crippen LogP contribution < -0.4 is 0 Å². The number of halogens is 3. The summed E-state index contributed by atoms with van der Waals surface area (Å²) in [5, 5.41) is 36.2. The lowest BCUT2D eigenvalue weighted by Crippen LogP contribution is -2.24. The molecule has 0 spiro atoms. The van der Waals surface area contributed by atoms with Crippen LogP contribution in [-0.4, -0.2) is 39.1 Å². The molecule has 0 radical (unpaired) electrons.